The highest BCUT2D eigenvalue weighted by Gasteiger charge is 2.30. The van der Waals surface area contributed by atoms with Crippen LogP contribution in [0.2, 0.25) is 0 Å². The smallest absolute Gasteiger partial charge is 0.243 e. The summed E-state index contributed by atoms with van der Waals surface area (Å²) >= 11 is 4.94. The molecule has 0 amide bonds. The van der Waals surface area contributed by atoms with E-state index in [-0.39, 0.29) is 16.0 Å². The average Bonchev–Trinajstić information content (AvgIpc) is 2.46. The number of hydrogen-bond donors (Lipinski definition) is 1. The number of aryl methyl sites for hydroxylation is 1. The first-order valence-corrected chi connectivity index (χ1v) is 8.73. The van der Waals surface area contributed by atoms with Crippen molar-refractivity contribution in [2.24, 2.45) is 5.73 Å². The first-order chi connectivity index (χ1) is 9.86. The van der Waals surface area contributed by atoms with Gasteiger partial charge in [0, 0.05) is 18.7 Å². The van der Waals surface area contributed by atoms with Crippen molar-refractivity contribution in [2.45, 2.75) is 31.3 Å². The Labute approximate surface area is 131 Å². The maximum atomic E-state index is 12.7. The van der Waals surface area contributed by atoms with Crippen molar-refractivity contribution < 1.29 is 13.2 Å². The van der Waals surface area contributed by atoms with Gasteiger partial charge < -0.3 is 10.5 Å². The molecule has 1 heterocycles. The molecule has 0 radical (unpaired) electrons. The van der Waals surface area contributed by atoms with Gasteiger partial charge in [0.2, 0.25) is 10.0 Å². The Morgan fingerprint density at radius 1 is 1.52 bits per heavy atom. The molecule has 2 rings (SSSR count). The monoisotopic (exact) mass is 328 g/mol. The van der Waals surface area contributed by atoms with Crippen molar-refractivity contribution in [2.75, 3.05) is 19.7 Å². The molecule has 5 nitrogen and oxygen atoms in total. The minimum Gasteiger partial charge on any atom is -0.389 e. The molecule has 116 valence electrons. The van der Waals surface area contributed by atoms with Crippen molar-refractivity contribution in [1.82, 2.24) is 4.31 Å². The standard InChI is InChI=1S/C14H20N2O3S2/c1-3-11-9-16(6-7-19-11)21(17,18)12-4-5-13(14(15)20)10(2)8-12/h4-5,8,11H,3,6-7,9H2,1-2H3,(H2,15,20). The molecule has 1 atom stereocenters. The number of nitrogens with two attached hydrogens (primary N) is 1. The van der Waals surface area contributed by atoms with Crippen LogP contribution < -0.4 is 5.73 Å². The van der Waals surface area contributed by atoms with Crippen LogP contribution in [-0.2, 0) is 14.8 Å². The van der Waals surface area contributed by atoms with Gasteiger partial charge in [-0.3, -0.25) is 0 Å². The maximum absolute atomic E-state index is 12.7. The number of ether oxygens (including phenoxy) is 1. The number of hydrogen-bond acceptors (Lipinski definition) is 4. The predicted molar refractivity (Wildman–Crippen MR) is 85.9 cm³/mol. The Hall–Kier alpha value is -1.02. The third-order valence-electron chi connectivity index (χ3n) is 3.66. The molecule has 1 aromatic carbocycles. The van der Waals surface area contributed by atoms with Crippen LogP contribution in [0.5, 0.6) is 0 Å². The minimum atomic E-state index is -3.50. The Morgan fingerprint density at radius 2 is 2.24 bits per heavy atom. The minimum absolute atomic E-state index is 0.0366. The zero-order chi connectivity index (χ0) is 15.6. The fourth-order valence-corrected chi connectivity index (χ4v) is 4.15. The lowest BCUT2D eigenvalue weighted by molar-refractivity contribution is -0.00277. The lowest BCUT2D eigenvalue weighted by Crippen LogP contribution is -2.45. The third kappa shape index (κ3) is 3.42. The van der Waals surface area contributed by atoms with Crippen molar-refractivity contribution in [1.29, 1.82) is 0 Å². The van der Waals surface area contributed by atoms with E-state index in [9.17, 15) is 8.42 Å². The Balaban J connectivity index is 2.31. The summed E-state index contributed by atoms with van der Waals surface area (Å²) in [5.74, 6) is 0. The highest BCUT2D eigenvalue weighted by molar-refractivity contribution is 7.89. The quantitative estimate of drug-likeness (QED) is 0.847. The van der Waals surface area contributed by atoms with Gasteiger partial charge in [0.25, 0.3) is 0 Å². The molecule has 0 saturated carbocycles. The number of thiocarbonyl (C=S) groups is 1. The van der Waals surface area contributed by atoms with Crippen molar-refractivity contribution >= 4 is 27.2 Å². The molecular weight excluding hydrogens is 308 g/mol. The summed E-state index contributed by atoms with van der Waals surface area (Å²) in [4.78, 5) is 0.547. The summed E-state index contributed by atoms with van der Waals surface area (Å²) in [5, 5.41) is 0. The average molecular weight is 328 g/mol. The summed E-state index contributed by atoms with van der Waals surface area (Å²) in [6, 6.07) is 4.86. The van der Waals surface area contributed by atoms with E-state index in [4.69, 9.17) is 22.7 Å². The van der Waals surface area contributed by atoms with Crippen LogP contribution in [0.15, 0.2) is 23.1 Å². The highest BCUT2D eigenvalue weighted by atomic mass is 32.2. The van der Waals surface area contributed by atoms with Gasteiger partial charge in [-0.15, -0.1) is 0 Å². The zero-order valence-corrected chi connectivity index (χ0v) is 13.8. The molecule has 1 unspecified atom stereocenters. The lowest BCUT2D eigenvalue weighted by atomic mass is 10.1. The second kappa shape index (κ2) is 6.39. The molecule has 1 fully saturated rings. The highest BCUT2D eigenvalue weighted by Crippen LogP contribution is 2.22. The zero-order valence-electron chi connectivity index (χ0n) is 12.2. The summed E-state index contributed by atoms with van der Waals surface area (Å²) in [6.45, 7) is 5.01. The SMILES string of the molecule is CCC1CN(S(=O)(=O)c2ccc(C(N)=S)c(C)c2)CCO1. The third-order valence-corrected chi connectivity index (χ3v) is 5.74. The molecule has 2 N–H and O–H groups in total. The van der Waals surface area contributed by atoms with Gasteiger partial charge >= 0.3 is 0 Å². The molecule has 1 aliphatic rings. The fraction of sp³-hybridized carbons (Fsp3) is 0.500. The van der Waals surface area contributed by atoms with Gasteiger partial charge in [-0.25, -0.2) is 8.42 Å². The second-order valence-corrected chi connectivity index (χ2v) is 7.48. The van der Waals surface area contributed by atoms with E-state index in [1.54, 1.807) is 18.2 Å². The molecule has 0 aliphatic carbocycles. The predicted octanol–water partition coefficient (Wildman–Crippen LogP) is 1.43. The molecule has 1 saturated heterocycles. The van der Waals surface area contributed by atoms with E-state index < -0.39 is 10.0 Å². The summed E-state index contributed by atoms with van der Waals surface area (Å²) in [6.07, 6.45) is 0.760. The van der Waals surface area contributed by atoms with E-state index in [0.29, 0.717) is 25.3 Å². The summed E-state index contributed by atoms with van der Waals surface area (Å²) in [5.41, 5.74) is 7.08. The van der Waals surface area contributed by atoms with Gasteiger partial charge in [0.15, 0.2) is 0 Å². The molecule has 7 heteroatoms. The van der Waals surface area contributed by atoms with Crippen LogP contribution in [0.25, 0.3) is 0 Å². The van der Waals surface area contributed by atoms with Crippen LogP contribution in [0.4, 0.5) is 0 Å². The molecule has 1 aliphatic heterocycles. The van der Waals surface area contributed by atoms with Gasteiger partial charge in [0.1, 0.15) is 4.99 Å². The fourth-order valence-electron chi connectivity index (χ4n) is 2.38. The lowest BCUT2D eigenvalue weighted by Gasteiger charge is -2.31. The number of nitrogens with zero attached hydrogens (tertiary/aromatic N) is 1. The Bertz CT molecular complexity index is 644. The molecular formula is C14H20N2O3S2. The van der Waals surface area contributed by atoms with E-state index in [2.05, 4.69) is 0 Å². The normalized spacial score (nSPS) is 20.4. The Kier molecular flexibility index (Phi) is 4.98. The van der Waals surface area contributed by atoms with Gasteiger partial charge in [-0.05, 0) is 31.0 Å². The number of morpholine rings is 1. The van der Waals surface area contributed by atoms with Crippen molar-refractivity contribution in [3.63, 3.8) is 0 Å². The maximum Gasteiger partial charge on any atom is 0.243 e. The largest absolute Gasteiger partial charge is 0.389 e. The van der Waals surface area contributed by atoms with E-state index >= 15 is 0 Å². The second-order valence-electron chi connectivity index (χ2n) is 5.11. The first-order valence-electron chi connectivity index (χ1n) is 6.88. The molecule has 21 heavy (non-hydrogen) atoms. The number of rotatable bonds is 4. The van der Waals surface area contributed by atoms with E-state index in [1.165, 1.54) is 4.31 Å². The van der Waals surface area contributed by atoms with Gasteiger partial charge in [0.05, 0.1) is 17.6 Å². The Morgan fingerprint density at radius 3 is 2.81 bits per heavy atom. The van der Waals surface area contributed by atoms with Crippen LogP contribution in [-0.4, -0.2) is 43.5 Å². The van der Waals surface area contributed by atoms with Gasteiger partial charge in [-0.2, -0.15) is 4.31 Å². The molecule has 0 spiro atoms. The van der Waals surface area contributed by atoms with Crippen molar-refractivity contribution in [3.8, 4) is 0 Å². The molecule has 1 aromatic rings. The topological polar surface area (TPSA) is 72.6 Å². The first kappa shape index (κ1) is 16.4. The van der Waals surface area contributed by atoms with Crippen LogP contribution >= 0.6 is 12.2 Å². The summed E-state index contributed by atoms with van der Waals surface area (Å²) < 4.78 is 32.4. The van der Waals surface area contributed by atoms with E-state index in [0.717, 1.165) is 12.0 Å². The number of sulfonamides is 1. The molecule has 0 aromatic heterocycles. The van der Waals surface area contributed by atoms with Crippen LogP contribution in [0.1, 0.15) is 24.5 Å². The molecule has 0 bridgehead atoms. The van der Waals surface area contributed by atoms with Crippen LogP contribution in [0, 0.1) is 6.92 Å². The number of benzene rings is 1. The van der Waals surface area contributed by atoms with Crippen molar-refractivity contribution in [3.05, 3.63) is 29.3 Å². The van der Waals surface area contributed by atoms with Crippen LogP contribution in [0.3, 0.4) is 0 Å². The summed E-state index contributed by atoms with van der Waals surface area (Å²) in [7, 11) is -3.50. The van der Waals surface area contributed by atoms with Gasteiger partial charge in [-0.1, -0.05) is 25.2 Å². The van der Waals surface area contributed by atoms with E-state index in [1.807, 2.05) is 13.8 Å².